The standard InChI is InChI=1S/C17H18ClFN2O4S/c1-3-24-16-10-12(9-15(18)17(16)25-4-2)11-20-21-26(22,23)14-7-5-13(19)6-8-14/h5-11,21H,3-4H2,1-2H3/b20-11+. The number of ether oxygens (including phenoxy) is 2. The Hall–Kier alpha value is -2.32. The third-order valence-corrected chi connectivity index (χ3v) is 4.65. The molecule has 0 aliphatic rings. The number of hydrazone groups is 1. The molecule has 2 rings (SSSR count). The summed E-state index contributed by atoms with van der Waals surface area (Å²) >= 11 is 6.19. The van der Waals surface area contributed by atoms with Crippen molar-refractivity contribution in [3.8, 4) is 11.5 Å². The molecule has 0 fully saturated rings. The van der Waals surface area contributed by atoms with Gasteiger partial charge in [-0.05, 0) is 55.8 Å². The topological polar surface area (TPSA) is 77.0 Å². The minimum absolute atomic E-state index is 0.101. The van der Waals surface area contributed by atoms with Crippen LogP contribution in [0.4, 0.5) is 4.39 Å². The molecule has 9 heteroatoms. The lowest BCUT2D eigenvalue weighted by Crippen LogP contribution is -2.18. The van der Waals surface area contributed by atoms with Crippen LogP contribution in [-0.4, -0.2) is 27.8 Å². The van der Waals surface area contributed by atoms with Crippen LogP contribution in [0.15, 0.2) is 46.4 Å². The Kier molecular flexibility index (Phi) is 6.82. The summed E-state index contributed by atoms with van der Waals surface area (Å²) in [6.45, 7) is 4.48. The molecule has 1 N–H and O–H groups in total. The molecule has 0 aliphatic heterocycles. The van der Waals surface area contributed by atoms with Crippen molar-refractivity contribution < 1.29 is 22.3 Å². The number of nitrogens with one attached hydrogen (secondary N) is 1. The lowest BCUT2D eigenvalue weighted by atomic mass is 10.2. The van der Waals surface area contributed by atoms with E-state index in [4.69, 9.17) is 21.1 Å². The molecule has 0 radical (unpaired) electrons. The first-order chi connectivity index (χ1) is 12.4. The molecule has 6 nitrogen and oxygen atoms in total. The Morgan fingerprint density at radius 3 is 2.42 bits per heavy atom. The Balaban J connectivity index is 2.20. The van der Waals surface area contributed by atoms with Crippen LogP contribution >= 0.6 is 11.6 Å². The van der Waals surface area contributed by atoms with Gasteiger partial charge in [0, 0.05) is 0 Å². The van der Waals surface area contributed by atoms with E-state index in [1.54, 1.807) is 12.1 Å². The van der Waals surface area contributed by atoms with Crippen LogP contribution < -0.4 is 14.3 Å². The Bertz CT molecular complexity index is 886. The molecule has 0 unspecified atom stereocenters. The lowest BCUT2D eigenvalue weighted by molar-refractivity contribution is 0.288. The molecule has 2 aromatic carbocycles. The fourth-order valence-electron chi connectivity index (χ4n) is 2.05. The summed E-state index contributed by atoms with van der Waals surface area (Å²) in [4.78, 5) is 1.96. The van der Waals surface area contributed by atoms with E-state index in [1.165, 1.54) is 6.21 Å². The van der Waals surface area contributed by atoms with Gasteiger partial charge in [0.05, 0.1) is 29.3 Å². The summed E-state index contributed by atoms with van der Waals surface area (Å²) in [6.07, 6.45) is 1.28. The van der Waals surface area contributed by atoms with E-state index in [2.05, 4.69) is 9.93 Å². The molecule has 0 bridgehead atoms. The smallest absolute Gasteiger partial charge is 0.276 e. The van der Waals surface area contributed by atoms with Crippen LogP contribution in [0.3, 0.4) is 0 Å². The Labute approximate surface area is 156 Å². The lowest BCUT2D eigenvalue weighted by Gasteiger charge is -2.13. The first-order valence-electron chi connectivity index (χ1n) is 7.77. The minimum Gasteiger partial charge on any atom is -0.490 e. The highest BCUT2D eigenvalue weighted by molar-refractivity contribution is 7.89. The predicted molar refractivity (Wildman–Crippen MR) is 98.1 cm³/mol. The van der Waals surface area contributed by atoms with E-state index in [9.17, 15) is 12.8 Å². The number of rotatable bonds is 8. The number of hydrogen-bond donors (Lipinski definition) is 1. The summed E-state index contributed by atoms with van der Waals surface area (Å²) in [5.41, 5.74) is 0.517. The SMILES string of the molecule is CCOc1cc(/C=N/NS(=O)(=O)c2ccc(F)cc2)cc(Cl)c1OCC. The van der Waals surface area contributed by atoms with Gasteiger partial charge in [0.1, 0.15) is 5.82 Å². The maximum atomic E-state index is 12.9. The third-order valence-electron chi connectivity index (χ3n) is 3.13. The number of benzene rings is 2. The van der Waals surface area contributed by atoms with Crippen molar-refractivity contribution in [2.24, 2.45) is 5.10 Å². The van der Waals surface area contributed by atoms with Crippen LogP contribution in [0.1, 0.15) is 19.4 Å². The molecule has 140 valence electrons. The van der Waals surface area contributed by atoms with Crippen LogP contribution in [-0.2, 0) is 10.0 Å². The van der Waals surface area contributed by atoms with Gasteiger partial charge >= 0.3 is 0 Å². The predicted octanol–water partition coefficient (Wildman–Crippen LogP) is 3.59. The van der Waals surface area contributed by atoms with Gasteiger partial charge in [0.2, 0.25) is 0 Å². The third kappa shape index (κ3) is 5.09. The monoisotopic (exact) mass is 400 g/mol. The molecule has 0 amide bonds. The molecule has 0 spiro atoms. The van der Waals surface area contributed by atoms with Gasteiger partial charge in [-0.15, -0.1) is 0 Å². The Morgan fingerprint density at radius 2 is 1.81 bits per heavy atom. The van der Waals surface area contributed by atoms with Crippen molar-refractivity contribution in [3.05, 3.63) is 52.8 Å². The van der Waals surface area contributed by atoms with Crippen molar-refractivity contribution in [2.45, 2.75) is 18.7 Å². The van der Waals surface area contributed by atoms with Crippen molar-refractivity contribution in [3.63, 3.8) is 0 Å². The van der Waals surface area contributed by atoms with E-state index < -0.39 is 15.8 Å². The molecule has 26 heavy (non-hydrogen) atoms. The largest absolute Gasteiger partial charge is 0.490 e. The number of nitrogens with zero attached hydrogens (tertiary/aromatic N) is 1. The van der Waals surface area contributed by atoms with Crippen LogP contribution in [0, 0.1) is 5.82 Å². The van der Waals surface area contributed by atoms with E-state index in [0.29, 0.717) is 35.3 Å². The van der Waals surface area contributed by atoms with Gasteiger partial charge < -0.3 is 9.47 Å². The van der Waals surface area contributed by atoms with E-state index >= 15 is 0 Å². The van der Waals surface area contributed by atoms with Gasteiger partial charge in [-0.2, -0.15) is 13.5 Å². The molecule has 0 saturated heterocycles. The van der Waals surface area contributed by atoms with Gasteiger partial charge in [0.25, 0.3) is 10.0 Å². The molecular weight excluding hydrogens is 383 g/mol. The zero-order chi connectivity index (χ0) is 19.2. The van der Waals surface area contributed by atoms with Crippen LogP contribution in [0.5, 0.6) is 11.5 Å². The highest BCUT2D eigenvalue weighted by Crippen LogP contribution is 2.36. The van der Waals surface area contributed by atoms with E-state index in [1.807, 2.05) is 13.8 Å². The normalized spacial score (nSPS) is 11.5. The summed E-state index contributed by atoms with van der Waals surface area (Å²) in [7, 11) is -3.90. The van der Waals surface area contributed by atoms with Crippen molar-refractivity contribution in [1.29, 1.82) is 0 Å². The van der Waals surface area contributed by atoms with Crippen LogP contribution in [0.2, 0.25) is 5.02 Å². The Morgan fingerprint density at radius 1 is 1.15 bits per heavy atom. The highest BCUT2D eigenvalue weighted by atomic mass is 35.5. The first-order valence-corrected chi connectivity index (χ1v) is 9.63. The second-order valence-electron chi connectivity index (χ2n) is 5.00. The second kappa shape index (κ2) is 8.86. The zero-order valence-electron chi connectivity index (χ0n) is 14.2. The van der Waals surface area contributed by atoms with E-state index in [0.717, 1.165) is 24.3 Å². The number of halogens is 2. The molecule has 2 aromatic rings. The molecule has 0 aliphatic carbocycles. The summed E-state index contributed by atoms with van der Waals surface area (Å²) in [5, 5.41) is 4.04. The van der Waals surface area contributed by atoms with Gasteiger partial charge in [-0.25, -0.2) is 9.22 Å². The van der Waals surface area contributed by atoms with Crippen molar-refractivity contribution in [2.75, 3.05) is 13.2 Å². The maximum absolute atomic E-state index is 12.9. The summed E-state index contributed by atoms with van der Waals surface area (Å²) < 4.78 is 48.0. The van der Waals surface area contributed by atoms with Crippen molar-refractivity contribution >= 4 is 27.8 Å². The fourth-order valence-corrected chi connectivity index (χ4v) is 3.11. The average molecular weight is 401 g/mol. The molecule has 0 heterocycles. The first kappa shape index (κ1) is 20.0. The molecule has 0 aromatic heterocycles. The molecule has 0 saturated carbocycles. The minimum atomic E-state index is -3.90. The van der Waals surface area contributed by atoms with E-state index in [-0.39, 0.29) is 4.90 Å². The second-order valence-corrected chi connectivity index (χ2v) is 7.07. The fraction of sp³-hybridized carbons (Fsp3) is 0.235. The van der Waals surface area contributed by atoms with Gasteiger partial charge in [0.15, 0.2) is 11.5 Å². The maximum Gasteiger partial charge on any atom is 0.276 e. The van der Waals surface area contributed by atoms with Gasteiger partial charge in [-0.1, -0.05) is 11.6 Å². The zero-order valence-corrected chi connectivity index (χ0v) is 15.8. The molecule has 0 atom stereocenters. The summed E-state index contributed by atoms with van der Waals surface area (Å²) in [6, 6.07) is 7.61. The number of sulfonamides is 1. The van der Waals surface area contributed by atoms with Gasteiger partial charge in [-0.3, -0.25) is 0 Å². The highest BCUT2D eigenvalue weighted by Gasteiger charge is 2.13. The number of hydrogen-bond acceptors (Lipinski definition) is 5. The van der Waals surface area contributed by atoms with Crippen LogP contribution in [0.25, 0.3) is 0 Å². The quantitative estimate of drug-likeness (QED) is 0.542. The average Bonchev–Trinajstić information content (AvgIpc) is 2.58. The summed E-state index contributed by atoms with van der Waals surface area (Å²) in [5.74, 6) is 0.324. The van der Waals surface area contributed by atoms with Crippen molar-refractivity contribution in [1.82, 2.24) is 4.83 Å². The molecular formula is C17H18ClFN2O4S.